The van der Waals surface area contributed by atoms with E-state index >= 15 is 0 Å². The summed E-state index contributed by atoms with van der Waals surface area (Å²) in [5, 5.41) is 9.57. The summed E-state index contributed by atoms with van der Waals surface area (Å²) in [6.45, 7) is 3.94. The van der Waals surface area contributed by atoms with Crippen LogP contribution in [0.5, 0.6) is 0 Å². The molecular weight excluding hydrogens is 266 g/mol. The van der Waals surface area contributed by atoms with Crippen molar-refractivity contribution in [2.75, 3.05) is 32.8 Å². The number of carboxylic acids is 1. The van der Waals surface area contributed by atoms with Gasteiger partial charge in [0.2, 0.25) is 0 Å². The lowest BCUT2D eigenvalue weighted by molar-refractivity contribution is -0.146. The molecule has 2 heterocycles. The molecule has 3 rings (SSSR count). The van der Waals surface area contributed by atoms with Crippen LogP contribution in [0.1, 0.15) is 18.4 Å². The van der Waals surface area contributed by atoms with Crippen molar-refractivity contribution in [3.05, 3.63) is 35.9 Å². The molecule has 2 fully saturated rings. The number of ether oxygens (including phenoxy) is 1. The lowest BCUT2D eigenvalue weighted by Gasteiger charge is -2.36. The van der Waals surface area contributed by atoms with Crippen molar-refractivity contribution < 1.29 is 14.6 Å². The monoisotopic (exact) mass is 289 g/mol. The highest BCUT2D eigenvalue weighted by Crippen LogP contribution is 2.44. The standard InChI is InChI=1S/C17H23NO3/c19-16(20)15-12-18(9-6-14-4-2-1-3-5-14)13-17(15)7-10-21-11-8-17/h1-5,15H,6-13H2,(H,19,20). The third-order valence-corrected chi connectivity index (χ3v) is 5.06. The van der Waals surface area contributed by atoms with Crippen molar-refractivity contribution in [1.82, 2.24) is 4.90 Å². The summed E-state index contributed by atoms with van der Waals surface area (Å²) < 4.78 is 5.44. The number of likely N-dealkylation sites (tertiary alicyclic amines) is 1. The molecule has 0 amide bonds. The van der Waals surface area contributed by atoms with E-state index in [0.717, 1.165) is 32.4 Å². The average molecular weight is 289 g/mol. The molecule has 4 nitrogen and oxygen atoms in total. The van der Waals surface area contributed by atoms with Crippen LogP contribution in [-0.2, 0) is 16.0 Å². The zero-order valence-electron chi connectivity index (χ0n) is 12.3. The lowest BCUT2D eigenvalue weighted by Crippen LogP contribution is -2.40. The molecule has 0 aromatic heterocycles. The zero-order chi connectivity index (χ0) is 14.7. The molecule has 1 spiro atoms. The van der Waals surface area contributed by atoms with Crippen molar-refractivity contribution in [2.24, 2.45) is 11.3 Å². The number of hydrogen-bond donors (Lipinski definition) is 1. The first kappa shape index (κ1) is 14.5. The van der Waals surface area contributed by atoms with Gasteiger partial charge in [-0.3, -0.25) is 4.79 Å². The first-order valence-electron chi connectivity index (χ1n) is 7.76. The smallest absolute Gasteiger partial charge is 0.308 e. The normalized spacial score (nSPS) is 25.2. The van der Waals surface area contributed by atoms with E-state index in [2.05, 4.69) is 29.2 Å². The maximum atomic E-state index is 11.6. The Morgan fingerprint density at radius 3 is 2.67 bits per heavy atom. The van der Waals surface area contributed by atoms with Crippen LogP contribution in [0.2, 0.25) is 0 Å². The minimum atomic E-state index is -0.640. The Labute approximate surface area is 125 Å². The van der Waals surface area contributed by atoms with E-state index < -0.39 is 5.97 Å². The second kappa shape index (κ2) is 6.16. The van der Waals surface area contributed by atoms with Crippen LogP contribution in [0, 0.1) is 11.3 Å². The topological polar surface area (TPSA) is 49.8 Å². The number of carbonyl (C=O) groups is 1. The molecule has 114 valence electrons. The van der Waals surface area contributed by atoms with Gasteiger partial charge in [0, 0.05) is 38.3 Å². The first-order valence-corrected chi connectivity index (χ1v) is 7.76. The highest BCUT2D eigenvalue weighted by molar-refractivity contribution is 5.72. The van der Waals surface area contributed by atoms with Gasteiger partial charge in [0.25, 0.3) is 0 Å². The summed E-state index contributed by atoms with van der Waals surface area (Å²) in [6, 6.07) is 10.4. The third-order valence-electron chi connectivity index (χ3n) is 5.06. The second-order valence-corrected chi connectivity index (χ2v) is 6.34. The van der Waals surface area contributed by atoms with Crippen LogP contribution >= 0.6 is 0 Å². The maximum Gasteiger partial charge on any atom is 0.308 e. The largest absolute Gasteiger partial charge is 0.481 e. The van der Waals surface area contributed by atoms with Gasteiger partial charge in [-0.2, -0.15) is 0 Å². The fourth-order valence-corrected chi connectivity index (χ4v) is 3.80. The zero-order valence-corrected chi connectivity index (χ0v) is 12.3. The average Bonchev–Trinajstić information content (AvgIpc) is 2.85. The Morgan fingerprint density at radius 2 is 2.00 bits per heavy atom. The molecule has 0 aliphatic carbocycles. The summed E-state index contributed by atoms with van der Waals surface area (Å²) in [4.78, 5) is 14.0. The number of carboxylic acid groups (broad SMARTS) is 1. The molecular formula is C17H23NO3. The van der Waals surface area contributed by atoms with E-state index in [1.54, 1.807) is 0 Å². The highest BCUT2D eigenvalue weighted by atomic mass is 16.5. The van der Waals surface area contributed by atoms with Gasteiger partial charge in [-0.1, -0.05) is 30.3 Å². The van der Waals surface area contributed by atoms with Gasteiger partial charge in [0.15, 0.2) is 0 Å². The van der Waals surface area contributed by atoms with Gasteiger partial charge in [0.05, 0.1) is 5.92 Å². The fraction of sp³-hybridized carbons (Fsp3) is 0.588. The van der Waals surface area contributed by atoms with E-state index in [1.807, 2.05) is 6.07 Å². The van der Waals surface area contributed by atoms with Gasteiger partial charge >= 0.3 is 5.97 Å². The van der Waals surface area contributed by atoms with Gasteiger partial charge in [-0.15, -0.1) is 0 Å². The van der Waals surface area contributed by atoms with Crippen molar-refractivity contribution in [2.45, 2.75) is 19.3 Å². The highest BCUT2D eigenvalue weighted by Gasteiger charge is 2.50. The minimum absolute atomic E-state index is 0.0687. The summed E-state index contributed by atoms with van der Waals surface area (Å²) in [6.07, 6.45) is 2.75. The van der Waals surface area contributed by atoms with Crippen molar-refractivity contribution >= 4 is 5.97 Å². The van der Waals surface area contributed by atoms with Gasteiger partial charge in [-0.25, -0.2) is 0 Å². The second-order valence-electron chi connectivity index (χ2n) is 6.34. The molecule has 1 atom stereocenters. The quantitative estimate of drug-likeness (QED) is 0.921. The molecule has 1 unspecified atom stereocenters. The molecule has 21 heavy (non-hydrogen) atoms. The van der Waals surface area contributed by atoms with E-state index in [0.29, 0.717) is 19.8 Å². The molecule has 2 aliphatic heterocycles. The van der Waals surface area contributed by atoms with Crippen LogP contribution in [0.4, 0.5) is 0 Å². The molecule has 0 radical (unpaired) electrons. The predicted molar refractivity (Wildman–Crippen MR) is 80.2 cm³/mol. The number of nitrogens with zero attached hydrogens (tertiary/aromatic N) is 1. The Kier molecular flexibility index (Phi) is 4.27. The summed E-state index contributed by atoms with van der Waals surface area (Å²) in [7, 11) is 0. The summed E-state index contributed by atoms with van der Waals surface area (Å²) >= 11 is 0. The summed E-state index contributed by atoms with van der Waals surface area (Å²) in [5.41, 5.74) is 1.25. The lowest BCUT2D eigenvalue weighted by atomic mass is 9.72. The minimum Gasteiger partial charge on any atom is -0.481 e. The molecule has 2 saturated heterocycles. The Bertz CT molecular complexity index is 482. The van der Waals surface area contributed by atoms with Crippen molar-refractivity contribution in [3.8, 4) is 0 Å². The third kappa shape index (κ3) is 3.11. The molecule has 1 N–H and O–H groups in total. The fourth-order valence-electron chi connectivity index (χ4n) is 3.80. The van der Waals surface area contributed by atoms with Gasteiger partial charge in [0.1, 0.15) is 0 Å². The van der Waals surface area contributed by atoms with Crippen LogP contribution in [0.25, 0.3) is 0 Å². The van der Waals surface area contributed by atoms with E-state index in [9.17, 15) is 9.90 Å². The van der Waals surface area contributed by atoms with Crippen LogP contribution < -0.4 is 0 Å². The molecule has 2 aliphatic rings. The van der Waals surface area contributed by atoms with Crippen molar-refractivity contribution in [3.63, 3.8) is 0 Å². The Balaban J connectivity index is 1.64. The number of rotatable bonds is 4. The number of aliphatic carboxylic acids is 1. The number of hydrogen-bond acceptors (Lipinski definition) is 3. The van der Waals surface area contributed by atoms with Crippen LogP contribution in [0.3, 0.4) is 0 Å². The Morgan fingerprint density at radius 1 is 1.29 bits per heavy atom. The SMILES string of the molecule is O=C(O)C1CN(CCc2ccccc2)CC12CCOCC2. The van der Waals surface area contributed by atoms with Gasteiger partial charge in [-0.05, 0) is 24.8 Å². The van der Waals surface area contributed by atoms with Crippen molar-refractivity contribution in [1.29, 1.82) is 0 Å². The van der Waals surface area contributed by atoms with Crippen LogP contribution in [-0.4, -0.2) is 48.8 Å². The molecule has 0 saturated carbocycles. The molecule has 1 aromatic carbocycles. The van der Waals surface area contributed by atoms with E-state index in [1.165, 1.54) is 5.56 Å². The molecule has 4 heteroatoms. The Hall–Kier alpha value is -1.39. The summed E-state index contributed by atoms with van der Waals surface area (Å²) in [5.74, 6) is -0.878. The number of benzene rings is 1. The van der Waals surface area contributed by atoms with E-state index in [4.69, 9.17) is 4.74 Å². The molecule has 1 aromatic rings. The van der Waals surface area contributed by atoms with Gasteiger partial charge < -0.3 is 14.7 Å². The first-order chi connectivity index (χ1) is 10.2. The van der Waals surface area contributed by atoms with Crippen LogP contribution in [0.15, 0.2) is 30.3 Å². The maximum absolute atomic E-state index is 11.6. The van der Waals surface area contributed by atoms with E-state index in [-0.39, 0.29) is 11.3 Å². The molecule has 0 bridgehead atoms. The predicted octanol–water partition coefficient (Wildman–Crippen LogP) is 2.04.